The van der Waals surface area contributed by atoms with Gasteiger partial charge in [0.1, 0.15) is 11.3 Å². The number of aromatic nitrogens is 1. The first-order valence-electron chi connectivity index (χ1n) is 10.9. The van der Waals surface area contributed by atoms with Crippen LogP contribution in [0.4, 0.5) is 0 Å². The molecule has 33 heavy (non-hydrogen) atoms. The lowest BCUT2D eigenvalue weighted by Gasteiger charge is -2.10. The van der Waals surface area contributed by atoms with Crippen molar-refractivity contribution in [2.24, 2.45) is 0 Å². The fourth-order valence-electron chi connectivity index (χ4n) is 3.20. The summed E-state index contributed by atoms with van der Waals surface area (Å²) < 4.78 is 11.4. The van der Waals surface area contributed by atoms with Crippen molar-refractivity contribution in [3.63, 3.8) is 0 Å². The number of unbranched alkanes of at least 4 members (excludes halogenated alkanes) is 1. The van der Waals surface area contributed by atoms with E-state index in [-0.39, 0.29) is 11.0 Å². The predicted molar refractivity (Wildman–Crippen MR) is 133 cm³/mol. The van der Waals surface area contributed by atoms with Gasteiger partial charge in [-0.15, -0.1) is 0 Å². The highest BCUT2D eigenvalue weighted by atomic mass is 32.1. The van der Waals surface area contributed by atoms with Crippen LogP contribution >= 0.6 is 12.2 Å². The molecule has 1 aromatic heterocycles. The van der Waals surface area contributed by atoms with Gasteiger partial charge in [-0.25, -0.2) is 4.98 Å². The maximum absolute atomic E-state index is 12.4. The number of nitrogens with zero attached hydrogens (tertiary/aromatic N) is 1. The van der Waals surface area contributed by atoms with E-state index in [1.54, 1.807) is 24.3 Å². The molecule has 0 unspecified atom stereocenters. The summed E-state index contributed by atoms with van der Waals surface area (Å²) in [6.07, 6.45) is 2.08. The summed E-state index contributed by atoms with van der Waals surface area (Å²) in [7, 11) is 0. The molecule has 6 nitrogen and oxygen atoms in total. The molecule has 1 amide bonds. The molecule has 0 bridgehead atoms. The van der Waals surface area contributed by atoms with Crippen molar-refractivity contribution < 1.29 is 13.9 Å². The van der Waals surface area contributed by atoms with Crippen LogP contribution in [0.25, 0.3) is 22.6 Å². The molecular formula is C26H25N3O3S. The van der Waals surface area contributed by atoms with Gasteiger partial charge in [-0.3, -0.25) is 10.1 Å². The van der Waals surface area contributed by atoms with E-state index in [2.05, 4.69) is 22.5 Å². The van der Waals surface area contributed by atoms with Crippen LogP contribution in [0.15, 0.2) is 77.2 Å². The zero-order valence-electron chi connectivity index (χ0n) is 18.3. The normalized spacial score (nSPS) is 10.7. The molecule has 7 heteroatoms. The Bertz CT molecular complexity index is 1200. The minimum Gasteiger partial charge on any atom is -0.494 e. The van der Waals surface area contributed by atoms with Gasteiger partial charge >= 0.3 is 0 Å². The number of thiocarbonyl (C=S) groups is 1. The molecule has 0 fully saturated rings. The van der Waals surface area contributed by atoms with Crippen molar-refractivity contribution >= 4 is 34.3 Å². The summed E-state index contributed by atoms with van der Waals surface area (Å²) in [6.45, 7) is 3.27. The summed E-state index contributed by atoms with van der Waals surface area (Å²) in [6, 6.07) is 22.6. The lowest BCUT2D eigenvalue weighted by atomic mass is 10.1. The van der Waals surface area contributed by atoms with E-state index in [1.807, 2.05) is 48.5 Å². The van der Waals surface area contributed by atoms with Gasteiger partial charge in [-0.1, -0.05) is 37.6 Å². The standard InChI is InChI=1S/C26H25N3O3S/c1-2-3-16-31-21-14-12-19(13-15-21)24(30)29-26(33)27-17-18-8-10-20(11-9-18)25-28-22-6-4-5-7-23(22)32-25/h4-15H,2-3,16-17H2,1H3,(H2,27,29,30,33). The molecule has 0 spiro atoms. The Morgan fingerprint density at radius 1 is 1.03 bits per heavy atom. The Hall–Kier alpha value is -3.71. The molecule has 2 N–H and O–H groups in total. The molecule has 0 saturated carbocycles. The highest BCUT2D eigenvalue weighted by Crippen LogP contribution is 2.24. The van der Waals surface area contributed by atoms with E-state index in [9.17, 15) is 4.79 Å². The molecule has 0 aliphatic carbocycles. The lowest BCUT2D eigenvalue weighted by molar-refractivity contribution is 0.0976. The number of carbonyl (C=O) groups excluding carboxylic acids is 1. The highest BCUT2D eigenvalue weighted by Gasteiger charge is 2.10. The largest absolute Gasteiger partial charge is 0.494 e. The van der Waals surface area contributed by atoms with Crippen LogP contribution in [0.3, 0.4) is 0 Å². The van der Waals surface area contributed by atoms with Crippen LogP contribution in [-0.4, -0.2) is 22.6 Å². The van der Waals surface area contributed by atoms with Gasteiger partial charge in [0.15, 0.2) is 10.7 Å². The van der Waals surface area contributed by atoms with Crippen molar-refractivity contribution in [2.75, 3.05) is 6.61 Å². The van der Waals surface area contributed by atoms with Crippen molar-refractivity contribution in [1.29, 1.82) is 0 Å². The van der Waals surface area contributed by atoms with Gasteiger partial charge in [0.25, 0.3) is 5.91 Å². The van der Waals surface area contributed by atoms with E-state index >= 15 is 0 Å². The SMILES string of the molecule is CCCCOc1ccc(C(=O)NC(=S)NCc2ccc(-c3nc4ccccc4o3)cc2)cc1. The van der Waals surface area contributed by atoms with E-state index in [0.717, 1.165) is 40.8 Å². The van der Waals surface area contributed by atoms with Crippen LogP contribution in [0.5, 0.6) is 5.75 Å². The van der Waals surface area contributed by atoms with E-state index < -0.39 is 0 Å². The lowest BCUT2D eigenvalue weighted by Crippen LogP contribution is -2.38. The maximum Gasteiger partial charge on any atom is 0.257 e. The number of hydrogen-bond acceptors (Lipinski definition) is 5. The van der Waals surface area contributed by atoms with Crippen LogP contribution in [-0.2, 0) is 6.54 Å². The number of amides is 1. The van der Waals surface area contributed by atoms with Crippen molar-refractivity contribution in [2.45, 2.75) is 26.3 Å². The van der Waals surface area contributed by atoms with E-state index in [0.29, 0.717) is 24.6 Å². The molecule has 0 saturated heterocycles. The third-order valence-electron chi connectivity index (χ3n) is 5.06. The molecule has 3 aromatic carbocycles. The van der Waals surface area contributed by atoms with Gasteiger partial charge < -0.3 is 14.5 Å². The van der Waals surface area contributed by atoms with Gasteiger partial charge in [0.2, 0.25) is 5.89 Å². The fourth-order valence-corrected chi connectivity index (χ4v) is 3.36. The smallest absolute Gasteiger partial charge is 0.257 e. The third kappa shape index (κ3) is 5.96. The Labute approximate surface area is 198 Å². The topological polar surface area (TPSA) is 76.4 Å². The molecular weight excluding hydrogens is 434 g/mol. The molecule has 1 heterocycles. The van der Waals surface area contributed by atoms with Gasteiger partial charge in [0.05, 0.1) is 6.61 Å². The van der Waals surface area contributed by atoms with E-state index in [4.69, 9.17) is 21.4 Å². The Morgan fingerprint density at radius 2 is 1.79 bits per heavy atom. The number of oxazole rings is 1. The number of ether oxygens (including phenoxy) is 1. The van der Waals surface area contributed by atoms with Gasteiger partial charge in [0, 0.05) is 17.7 Å². The summed E-state index contributed by atoms with van der Waals surface area (Å²) in [5.74, 6) is 1.07. The molecule has 0 aliphatic rings. The summed E-state index contributed by atoms with van der Waals surface area (Å²) >= 11 is 5.27. The minimum absolute atomic E-state index is 0.265. The molecule has 0 atom stereocenters. The molecule has 0 aliphatic heterocycles. The fraction of sp³-hybridized carbons (Fsp3) is 0.192. The summed E-state index contributed by atoms with van der Waals surface area (Å²) in [4.78, 5) is 16.9. The number of carbonyl (C=O) groups is 1. The third-order valence-corrected chi connectivity index (χ3v) is 5.30. The molecule has 168 valence electrons. The second-order valence-corrected chi connectivity index (χ2v) is 7.96. The number of para-hydroxylation sites is 2. The number of benzene rings is 3. The average Bonchev–Trinajstić information content (AvgIpc) is 3.28. The van der Waals surface area contributed by atoms with Crippen LogP contribution in [0.1, 0.15) is 35.7 Å². The monoisotopic (exact) mass is 459 g/mol. The Balaban J connectivity index is 1.27. The van der Waals surface area contributed by atoms with Crippen LogP contribution in [0.2, 0.25) is 0 Å². The number of nitrogens with one attached hydrogen (secondary N) is 2. The predicted octanol–water partition coefficient (Wildman–Crippen LogP) is 5.48. The second-order valence-electron chi connectivity index (χ2n) is 7.55. The Morgan fingerprint density at radius 3 is 2.52 bits per heavy atom. The summed E-state index contributed by atoms with van der Waals surface area (Å²) in [5, 5.41) is 6.04. The molecule has 4 rings (SSSR count). The number of rotatable bonds is 8. The Kier molecular flexibility index (Phi) is 7.32. The summed E-state index contributed by atoms with van der Waals surface area (Å²) in [5.41, 5.74) is 4.02. The maximum atomic E-state index is 12.4. The second kappa shape index (κ2) is 10.7. The van der Waals surface area contributed by atoms with Crippen molar-refractivity contribution in [3.8, 4) is 17.2 Å². The van der Waals surface area contributed by atoms with Gasteiger partial charge in [-0.2, -0.15) is 0 Å². The van der Waals surface area contributed by atoms with Crippen LogP contribution < -0.4 is 15.4 Å². The van der Waals surface area contributed by atoms with Crippen molar-refractivity contribution in [3.05, 3.63) is 83.9 Å². The zero-order chi connectivity index (χ0) is 23.0. The van der Waals surface area contributed by atoms with E-state index in [1.165, 1.54) is 0 Å². The first kappa shape index (κ1) is 22.5. The van der Waals surface area contributed by atoms with Gasteiger partial charge in [-0.05, 0) is 72.7 Å². The van der Waals surface area contributed by atoms with Crippen molar-refractivity contribution in [1.82, 2.24) is 15.6 Å². The zero-order valence-corrected chi connectivity index (χ0v) is 19.2. The minimum atomic E-state index is -0.265. The molecule has 4 aromatic rings. The van der Waals surface area contributed by atoms with Crippen LogP contribution in [0, 0.1) is 0 Å². The highest BCUT2D eigenvalue weighted by molar-refractivity contribution is 7.80. The first-order chi connectivity index (χ1) is 16.1. The molecule has 0 radical (unpaired) electrons. The quantitative estimate of drug-likeness (QED) is 0.268. The number of fused-ring (bicyclic) bond motifs is 1. The number of hydrogen-bond donors (Lipinski definition) is 2. The first-order valence-corrected chi connectivity index (χ1v) is 11.3. The average molecular weight is 460 g/mol.